The summed E-state index contributed by atoms with van der Waals surface area (Å²) in [6.45, 7) is 4.14. The maximum atomic E-state index is 12.7. The van der Waals surface area contributed by atoms with Gasteiger partial charge < -0.3 is 19.6 Å². The molecule has 1 aliphatic heterocycles. The number of aromatic nitrogens is 1. The molecule has 0 bridgehead atoms. The van der Waals surface area contributed by atoms with Gasteiger partial charge in [0.25, 0.3) is 5.56 Å². The molecule has 1 aromatic heterocycles. The van der Waals surface area contributed by atoms with Gasteiger partial charge in [-0.1, -0.05) is 6.07 Å². The average molecular weight is 465 g/mol. The molecule has 1 unspecified atom stereocenters. The summed E-state index contributed by atoms with van der Waals surface area (Å²) in [5, 5.41) is 12.7. The van der Waals surface area contributed by atoms with Crippen molar-refractivity contribution in [2.75, 3.05) is 27.3 Å². The van der Waals surface area contributed by atoms with Gasteiger partial charge >= 0.3 is 5.97 Å². The van der Waals surface area contributed by atoms with Crippen molar-refractivity contribution in [2.24, 2.45) is 11.8 Å². The lowest BCUT2D eigenvalue weighted by atomic mass is 9.59. The highest BCUT2D eigenvalue weighted by Gasteiger charge is 2.70. The van der Waals surface area contributed by atoms with Gasteiger partial charge in [-0.15, -0.1) is 0 Å². The standard InChI is InChI=1S/C27H32N2O5/c1-15-4-7-19(33-2)9-21(15)26-10-18-14-29(13-16-5-6-16)23(18)27(26,32)11-17-8-20(25(31)34-3)24(30)28-22(17)12-26/h4,7-9,16,18,23,32H,5-6,10-14H2,1-3H3,(H,28,30)/t18?,23-,26-,27-/m1/s1. The van der Waals surface area contributed by atoms with E-state index in [-0.39, 0.29) is 11.6 Å². The van der Waals surface area contributed by atoms with Crippen molar-refractivity contribution in [2.45, 2.75) is 56.1 Å². The Bertz CT molecular complexity index is 1230. The number of H-pyrrole nitrogens is 1. The highest BCUT2D eigenvalue weighted by Crippen LogP contribution is 2.62. The molecule has 6 rings (SSSR count). The van der Waals surface area contributed by atoms with E-state index >= 15 is 0 Å². The molecule has 2 aromatic rings. The second-order valence-electron chi connectivity index (χ2n) is 10.9. The third kappa shape index (κ3) is 2.96. The molecule has 7 nitrogen and oxygen atoms in total. The Morgan fingerprint density at radius 2 is 2.03 bits per heavy atom. The number of hydrogen-bond acceptors (Lipinski definition) is 6. The van der Waals surface area contributed by atoms with Crippen molar-refractivity contribution in [3.63, 3.8) is 0 Å². The molecular formula is C27H32N2O5. The third-order valence-electron chi connectivity index (χ3n) is 8.95. The van der Waals surface area contributed by atoms with Gasteiger partial charge in [-0.05, 0) is 72.9 Å². The summed E-state index contributed by atoms with van der Waals surface area (Å²) >= 11 is 0. The fraction of sp³-hybridized carbons (Fsp3) is 0.556. The van der Waals surface area contributed by atoms with E-state index in [1.807, 2.05) is 6.07 Å². The second kappa shape index (κ2) is 7.43. The van der Waals surface area contributed by atoms with Crippen LogP contribution in [-0.2, 0) is 23.0 Å². The highest BCUT2D eigenvalue weighted by molar-refractivity contribution is 5.89. The number of nitrogens with zero attached hydrogens (tertiary/aromatic N) is 1. The van der Waals surface area contributed by atoms with E-state index < -0.39 is 22.5 Å². The summed E-state index contributed by atoms with van der Waals surface area (Å²) in [5.41, 5.74) is 1.85. The molecule has 4 atom stereocenters. The molecular weight excluding hydrogens is 432 g/mol. The van der Waals surface area contributed by atoms with Crippen LogP contribution in [0.4, 0.5) is 0 Å². The predicted octanol–water partition coefficient (Wildman–Crippen LogP) is 2.36. The molecule has 180 valence electrons. The van der Waals surface area contributed by atoms with E-state index in [1.165, 1.54) is 20.0 Å². The molecule has 2 heterocycles. The number of rotatable bonds is 5. The smallest absolute Gasteiger partial charge is 0.343 e. The molecule has 1 saturated heterocycles. The lowest BCUT2D eigenvalue weighted by Gasteiger charge is -2.55. The van der Waals surface area contributed by atoms with Crippen LogP contribution < -0.4 is 10.3 Å². The summed E-state index contributed by atoms with van der Waals surface area (Å²) in [6.07, 6.45) is 4.33. The lowest BCUT2D eigenvalue weighted by Crippen LogP contribution is -2.68. The van der Waals surface area contributed by atoms with E-state index in [9.17, 15) is 14.7 Å². The monoisotopic (exact) mass is 464 g/mol. The molecule has 4 aliphatic rings. The molecule has 0 radical (unpaired) electrons. The zero-order valence-corrected chi connectivity index (χ0v) is 20.0. The minimum Gasteiger partial charge on any atom is -0.497 e. The molecule has 1 aromatic carbocycles. The molecule has 7 heteroatoms. The van der Waals surface area contributed by atoms with Crippen LogP contribution in [0.3, 0.4) is 0 Å². The number of carbonyl (C=O) groups excluding carboxylic acids is 1. The van der Waals surface area contributed by atoms with Crippen molar-refractivity contribution < 1.29 is 19.4 Å². The number of carbonyl (C=O) groups is 1. The first kappa shape index (κ1) is 21.9. The van der Waals surface area contributed by atoms with Gasteiger partial charge in [0.2, 0.25) is 0 Å². The van der Waals surface area contributed by atoms with Crippen LogP contribution in [0.1, 0.15) is 52.0 Å². The number of pyridine rings is 1. The molecule has 2 saturated carbocycles. The van der Waals surface area contributed by atoms with E-state index in [0.29, 0.717) is 18.8 Å². The molecule has 3 fully saturated rings. The first-order chi connectivity index (χ1) is 16.3. The Labute approximate surface area is 199 Å². The molecule has 0 amide bonds. The van der Waals surface area contributed by atoms with Crippen molar-refractivity contribution in [3.05, 3.63) is 62.6 Å². The largest absolute Gasteiger partial charge is 0.497 e. The van der Waals surface area contributed by atoms with Crippen LogP contribution in [0.25, 0.3) is 0 Å². The van der Waals surface area contributed by atoms with Crippen LogP contribution in [0, 0.1) is 18.8 Å². The Morgan fingerprint density at radius 3 is 2.74 bits per heavy atom. The van der Waals surface area contributed by atoms with Gasteiger partial charge in [0.15, 0.2) is 0 Å². The summed E-state index contributed by atoms with van der Waals surface area (Å²) in [7, 11) is 2.94. The normalized spacial score (nSPS) is 31.8. The van der Waals surface area contributed by atoms with E-state index in [2.05, 4.69) is 28.9 Å². The van der Waals surface area contributed by atoms with Gasteiger partial charge in [0.1, 0.15) is 11.3 Å². The van der Waals surface area contributed by atoms with Crippen LogP contribution in [0.2, 0.25) is 0 Å². The first-order valence-corrected chi connectivity index (χ1v) is 12.2. The predicted molar refractivity (Wildman–Crippen MR) is 126 cm³/mol. The van der Waals surface area contributed by atoms with Crippen LogP contribution >= 0.6 is 0 Å². The summed E-state index contributed by atoms with van der Waals surface area (Å²) in [4.78, 5) is 30.4. The van der Waals surface area contributed by atoms with Gasteiger partial charge in [-0.25, -0.2) is 4.79 Å². The van der Waals surface area contributed by atoms with Crippen molar-refractivity contribution >= 4 is 5.97 Å². The van der Waals surface area contributed by atoms with Gasteiger partial charge in [0.05, 0.1) is 19.8 Å². The summed E-state index contributed by atoms with van der Waals surface area (Å²) < 4.78 is 10.4. The number of likely N-dealkylation sites (tertiary alicyclic amines) is 1. The zero-order chi connectivity index (χ0) is 23.8. The SMILES string of the molecule is COC(=O)c1cc2c([nH]c1=O)C[C@@]1(c3cc(OC)ccc3C)CC3CN(CC4CC4)[C@H]3[C@]1(O)C2. The maximum absolute atomic E-state index is 12.7. The average Bonchev–Trinajstić information content (AvgIpc) is 3.59. The lowest BCUT2D eigenvalue weighted by molar-refractivity contribution is -0.118. The minimum atomic E-state index is -1.01. The number of fused-ring (bicyclic) bond motifs is 4. The van der Waals surface area contributed by atoms with Crippen LogP contribution in [0.5, 0.6) is 5.75 Å². The number of aromatic amines is 1. The Balaban J connectivity index is 1.51. The number of aryl methyl sites for hydroxylation is 1. The maximum Gasteiger partial charge on any atom is 0.343 e. The van der Waals surface area contributed by atoms with E-state index in [4.69, 9.17) is 9.47 Å². The van der Waals surface area contributed by atoms with Gasteiger partial charge in [0, 0.05) is 43.1 Å². The number of benzene rings is 1. The number of esters is 1. The Morgan fingerprint density at radius 1 is 1.24 bits per heavy atom. The van der Waals surface area contributed by atoms with Crippen molar-refractivity contribution in [3.8, 4) is 5.75 Å². The fourth-order valence-electron chi connectivity index (χ4n) is 7.23. The van der Waals surface area contributed by atoms with Crippen LogP contribution in [0.15, 0.2) is 29.1 Å². The molecule has 2 N–H and O–H groups in total. The van der Waals surface area contributed by atoms with Crippen LogP contribution in [-0.4, -0.2) is 59.9 Å². The number of ether oxygens (including phenoxy) is 2. The Kier molecular flexibility index (Phi) is 4.78. The quantitative estimate of drug-likeness (QED) is 0.660. The van der Waals surface area contributed by atoms with Crippen molar-refractivity contribution in [1.29, 1.82) is 0 Å². The first-order valence-electron chi connectivity index (χ1n) is 12.2. The minimum absolute atomic E-state index is 0.00657. The van der Waals surface area contributed by atoms with Gasteiger partial charge in [-0.2, -0.15) is 0 Å². The van der Waals surface area contributed by atoms with Crippen molar-refractivity contribution in [1.82, 2.24) is 9.88 Å². The molecule has 0 spiro atoms. The number of aliphatic hydroxyl groups is 1. The Hall–Kier alpha value is -2.64. The van der Waals surface area contributed by atoms with Gasteiger partial charge in [-0.3, -0.25) is 9.69 Å². The topological polar surface area (TPSA) is 91.9 Å². The van der Waals surface area contributed by atoms with E-state index in [1.54, 1.807) is 13.2 Å². The number of methoxy groups -OCH3 is 2. The molecule has 3 aliphatic carbocycles. The summed E-state index contributed by atoms with van der Waals surface area (Å²) in [5.74, 6) is 1.26. The number of hydrogen-bond donors (Lipinski definition) is 2. The van der Waals surface area contributed by atoms with E-state index in [0.717, 1.165) is 53.6 Å². The second-order valence-corrected chi connectivity index (χ2v) is 10.9. The zero-order valence-electron chi connectivity index (χ0n) is 20.0. The third-order valence-corrected chi connectivity index (χ3v) is 8.95. The molecule has 34 heavy (non-hydrogen) atoms. The fourth-order valence-corrected chi connectivity index (χ4v) is 7.23. The highest BCUT2D eigenvalue weighted by atomic mass is 16.5. The summed E-state index contributed by atoms with van der Waals surface area (Å²) in [6, 6.07) is 7.79. The number of nitrogens with one attached hydrogen (secondary N) is 1.